The van der Waals surface area contributed by atoms with E-state index in [9.17, 15) is 19.5 Å². The summed E-state index contributed by atoms with van der Waals surface area (Å²) in [5.41, 5.74) is 0.226. The molecule has 1 heterocycles. The minimum atomic E-state index is -0.774. The van der Waals surface area contributed by atoms with E-state index in [4.69, 9.17) is 9.47 Å². The van der Waals surface area contributed by atoms with Crippen LogP contribution in [0.4, 0.5) is 4.79 Å². The lowest BCUT2D eigenvalue weighted by Gasteiger charge is -2.34. The number of piperidine rings is 1. The second kappa shape index (κ2) is 9.68. The van der Waals surface area contributed by atoms with Gasteiger partial charge in [0, 0.05) is 6.04 Å². The molecule has 2 fully saturated rings. The monoisotopic (exact) mass is 432 g/mol. The van der Waals surface area contributed by atoms with Crippen molar-refractivity contribution in [2.75, 3.05) is 6.61 Å². The minimum absolute atomic E-state index is 0.0255. The number of likely N-dealkylation sites (tertiary alicyclic amines) is 1. The van der Waals surface area contributed by atoms with E-state index in [2.05, 4.69) is 5.32 Å². The molecular formula is C23H32N2O6. The van der Waals surface area contributed by atoms with Crippen molar-refractivity contribution in [3.63, 3.8) is 0 Å². The first kappa shape index (κ1) is 23.1. The molecule has 1 unspecified atom stereocenters. The summed E-state index contributed by atoms with van der Waals surface area (Å²) in [6.07, 6.45) is 1.81. The zero-order chi connectivity index (χ0) is 22.6. The zero-order valence-electron chi connectivity index (χ0n) is 18.4. The number of carbonyl (C=O) groups excluding carboxylic acids is 3. The van der Waals surface area contributed by atoms with Crippen LogP contribution >= 0.6 is 0 Å². The maximum atomic E-state index is 13.0. The van der Waals surface area contributed by atoms with E-state index in [1.807, 2.05) is 30.3 Å². The van der Waals surface area contributed by atoms with Crippen LogP contribution in [0.2, 0.25) is 0 Å². The van der Waals surface area contributed by atoms with Gasteiger partial charge < -0.3 is 19.9 Å². The molecule has 1 aromatic rings. The number of aliphatic hydroxyl groups excluding tert-OH is 1. The van der Waals surface area contributed by atoms with Gasteiger partial charge in [-0.3, -0.25) is 14.5 Å². The fourth-order valence-corrected chi connectivity index (χ4v) is 4.41. The van der Waals surface area contributed by atoms with Crippen molar-refractivity contribution >= 4 is 18.0 Å². The normalized spacial score (nSPS) is 23.4. The van der Waals surface area contributed by atoms with E-state index >= 15 is 0 Å². The molecule has 2 N–H and O–H groups in total. The van der Waals surface area contributed by atoms with Crippen LogP contribution in [0, 0.1) is 5.92 Å². The van der Waals surface area contributed by atoms with Crippen LogP contribution in [0.15, 0.2) is 30.3 Å². The summed E-state index contributed by atoms with van der Waals surface area (Å²) < 4.78 is 10.8. The number of amides is 2. The molecule has 2 aliphatic rings. The Hall–Kier alpha value is -2.61. The second-order valence-electron chi connectivity index (χ2n) is 9.30. The Morgan fingerprint density at radius 3 is 2.55 bits per heavy atom. The Labute approximate surface area is 182 Å². The third-order valence-corrected chi connectivity index (χ3v) is 5.67. The summed E-state index contributed by atoms with van der Waals surface area (Å²) in [5, 5.41) is 12.4. The highest BCUT2D eigenvalue weighted by Gasteiger charge is 2.52. The SMILES string of the molecule is CC(C)(C)OC(=O)C[C@@H](CO)NC(=O)[C@@H]1[C@H]2CCC(C2)N1C(=O)OCc1ccccc1. The number of benzene rings is 1. The van der Waals surface area contributed by atoms with E-state index < -0.39 is 36.4 Å². The fraction of sp³-hybridized carbons (Fsp3) is 0.609. The standard InChI is InChI=1S/C23H32N2O6/c1-23(2,3)31-19(27)12-17(13-26)24-21(28)20-16-9-10-18(11-16)25(20)22(29)30-14-15-7-5-4-6-8-15/h4-8,16-18,20,26H,9-14H2,1-3H3,(H,24,28)/t16-,17-,18?,20-/m0/s1. The molecule has 2 amide bonds. The number of carbonyl (C=O) groups is 3. The summed E-state index contributed by atoms with van der Waals surface area (Å²) in [4.78, 5) is 39.5. The Balaban J connectivity index is 1.61. The van der Waals surface area contributed by atoms with Gasteiger partial charge in [0.2, 0.25) is 5.91 Å². The average molecular weight is 433 g/mol. The molecule has 1 saturated carbocycles. The van der Waals surface area contributed by atoms with Crippen molar-refractivity contribution in [1.82, 2.24) is 10.2 Å². The van der Waals surface area contributed by atoms with E-state index in [0.717, 1.165) is 24.8 Å². The zero-order valence-corrected chi connectivity index (χ0v) is 18.4. The first-order chi connectivity index (χ1) is 14.7. The number of rotatable bonds is 7. The van der Waals surface area contributed by atoms with Gasteiger partial charge in [0.15, 0.2) is 0 Å². The summed E-state index contributed by atoms with van der Waals surface area (Å²) in [6, 6.07) is 7.92. The Bertz CT molecular complexity index is 791. The summed E-state index contributed by atoms with van der Waals surface area (Å²) in [6.45, 7) is 5.01. The van der Waals surface area contributed by atoms with Gasteiger partial charge in [0.05, 0.1) is 19.1 Å². The quantitative estimate of drug-likeness (QED) is 0.641. The van der Waals surface area contributed by atoms with Crippen molar-refractivity contribution in [3.05, 3.63) is 35.9 Å². The Morgan fingerprint density at radius 2 is 1.90 bits per heavy atom. The van der Waals surface area contributed by atoms with Gasteiger partial charge in [-0.05, 0) is 51.5 Å². The maximum Gasteiger partial charge on any atom is 0.411 e. The van der Waals surface area contributed by atoms with E-state index in [1.165, 1.54) is 4.90 Å². The minimum Gasteiger partial charge on any atom is -0.460 e. The average Bonchev–Trinajstić information content (AvgIpc) is 3.32. The van der Waals surface area contributed by atoms with Crippen LogP contribution in [-0.2, 0) is 25.7 Å². The number of ether oxygens (including phenoxy) is 2. The number of hydrogen-bond acceptors (Lipinski definition) is 6. The van der Waals surface area contributed by atoms with E-state index in [0.29, 0.717) is 0 Å². The van der Waals surface area contributed by atoms with Crippen molar-refractivity contribution in [2.24, 2.45) is 5.92 Å². The number of esters is 1. The summed E-state index contributed by atoms with van der Waals surface area (Å²) in [5.74, 6) is -0.819. The van der Waals surface area contributed by atoms with Gasteiger partial charge >= 0.3 is 12.1 Å². The molecule has 8 heteroatoms. The number of aliphatic hydroxyl groups is 1. The van der Waals surface area contributed by atoms with Crippen LogP contribution in [0.3, 0.4) is 0 Å². The molecule has 8 nitrogen and oxygen atoms in total. The van der Waals surface area contributed by atoms with E-state index in [-0.39, 0.29) is 30.9 Å². The third-order valence-electron chi connectivity index (χ3n) is 5.67. The van der Waals surface area contributed by atoms with Gasteiger partial charge in [0.25, 0.3) is 0 Å². The molecule has 0 aromatic heterocycles. The van der Waals surface area contributed by atoms with Crippen LogP contribution in [-0.4, -0.2) is 58.3 Å². The Kier molecular flexibility index (Phi) is 7.20. The molecule has 170 valence electrons. The number of nitrogens with one attached hydrogen (secondary N) is 1. The summed E-state index contributed by atoms with van der Waals surface area (Å²) >= 11 is 0. The fourth-order valence-electron chi connectivity index (χ4n) is 4.41. The molecule has 0 spiro atoms. The lowest BCUT2D eigenvalue weighted by molar-refractivity contribution is -0.155. The summed E-state index contributed by atoms with van der Waals surface area (Å²) in [7, 11) is 0. The number of nitrogens with zero attached hydrogens (tertiary/aromatic N) is 1. The number of fused-ring (bicyclic) bond motifs is 2. The highest BCUT2D eigenvalue weighted by Crippen LogP contribution is 2.43. The first-order valence-corrected chi connectivity index (χ1v) is 10.8. The van der Waals surface area contributed by atoms with Crippen LogP contribution in [0.5, 0.6) is 0 Å². The highest BCUT2D eigenvalue weighted by molar-refractivity contribution is 5.87. The van der Waals surface area contributed by atoms with Crippen LogP contribution in [0.1, 0.15) is 52.0 Å². The van der Waals surface area contributed by atoms with Gasteiger partial charge in [-0.25, -0.2) is 4.79 Å². The molecule has 1 aliphatic carbocycles. The molecule has 4 atom stereocenters. The van der Waals surface area contributed by atoms with Crippen molar-refractivity contribution in [2.45, 2.75) is 76.8 Å². The van der Waals surface area contributed by atoms with Crippen LogP contribution < -0.4 is 5.32 Å². The highest BCUT2D eigenvalue weighted by atomic mass is 16.6. The molecular weight excluding hydrogens is 400 g/mol. The van der Waals surface area contributed by atoms with E-state index in [1.54, 1.807) is 20.8 Å². The molecule has 1 aliphatic heterocycles. The molecule has 0 radical (unpaired) electrons. The lowest BCUT2D eigenvalue weighted by Crippen LogP contribution is -2.55. The lowest BCUT2D eigenvalue weighted by atomic mass is 9.97. The second-order valence-corrected chi connectivity index (χ2v) is 9.30. The van der Waals surface area contributed by atoms with Crippen molar-refractivity contribution in [3.8, 4) is 0 Å². The van der Waals surface area contributed by atoms with Gasteiger partial charge in [0.1, 0.15) is 18.2 Å². The van der Waals surface area contributed by atoms with Gasteiger partial charge in [-0.15, -0.1) is 0 Å². The topological polar surface area (TPSA) is 105 Å². The molecule has 31 heavy (non-hydrogen) atoms. The molecule has 2 bridgehead atoms. The smallest absolute Gasteiger partial charge is 0.411 e. The predicted molar refractivity (Wildman–Crippen MR) is 113 cm³/mol. The van der Waals surface area contributed by atoms with Crippen molar-refractivity contribution < 1.29 is 29.0 Å². The Morgan fingerprint density at radius 1 is 1.19 bits per heavy atom. The van der Waals surface area contributed by atoms with Crippen molar-refractivity contribution in [1.29, 1.82) is 0 Å². The maximum absolute atomic E-state index is 13.0. The number of hydrogen-bond donors (Lipinski definition) is 2. The first-order valence-electron chi connectivity index (χ1n) is 10.8. The van der Waals surface area contributed by atoms with Gasteiger partial charge in [-0.2, -0.15) is 0 Å². The molecule has 1 aromatic carbocycles. The predicted octanol–water partition coefficient (Wildman–Crippen LogP) is 2.38. The largest absolute Gasteiger partial charge is 0.460 e. The van der Waals surface area contributed by atoms with Gasteiger partial charge in [-0.1, -0.05) is 30.3 Å². The third kappa shape index (κ3) is 5.97. The molecule has 3 rings (SSSR count). The molecule has 1 saturated heterocycles. The van der Waals surface area contributed by atoms with Crippen LogP contribution in [0.25, 0.3) is 0 Å².